The standard InChI is InChI=1S/C21H16Cl2N2O3S2/c22-11-6-7-13-16(8-11)29-19(18(13)23)21(27)28-10-17(26)25-20-14(9-24)12-4-2-1-3-5-15(12)30-20/h6-8H,1-5,10H2,(H,25,26). The summed E-state index contributed by atoms with van der Waals surface area (Å²) in [6, 6.07) is 7.37. The quantitative estimate of drug-likeness (QED) is 0.357. The second kappa shape index (κ2) is 8.94. The van der Waals surface area contributed by atoms with Crippen molar-refractivity contribution in [2.75, 3.05) is 11.9 Å². The lowest BCUT2D eigenvalue weighted by Gasteiger charge is -2.05. The number of anilines is 1. The molecule has 0 atom stereocenters. The lowest BCUT2D eigenvalue weighted by molar-refractivity contribution is -0.119. The topological polar surface area (TPSA) is 79.2 Å². The number of rotatable bonds is 4. The van der Waals surface area contributed by atoms with Gasteiger partial charge in [0.1, 0.15) is 15.9 Å². The normalized spacial score (nSPS) is 13.4. The van der Waals surface area contributed by atoms with E-state index in [1.54, 1.807) is 18.2 Å². The van der Waals surface area contributed by atoms with E-state index < -0.39 is 18.5 Å². The van der Waals surface area contributed by atoms with Crippen LogP contribution in [-0.2, 0) is 22.4 Å². The van der Waals surface area contributed by atoms with E-state index in [4.69, 9.17) is 27.9 Å². The summed E-state index contributed by atoms with van der Waals surface area (Å²) in [5, 5.41) is 14.3. The van der Waals surface area contributed by atoms with Gasteiger partial charge < -0.3 is 10.1 Å². The summed E-state index contributed by atoms with van der Waals surface area (Å²) in [6.45, 7) is -0.461. The van der Waals surface area contributed by atoms with Crippen molar-refractivity contribution < 1.29 is 14.3 Å². The minimum atomic E-state index is -0.671. The zero-order valence-corrected chi connectivity index (χ0v) is 18.9. The fourth-order valence-corrected chi connectivity index (χ4v) is 6.41. The van der Waals surface area contributed by atoms with Crippen molar-refractivity contribution in [3.63, 3.8) is 0 Å². The van der Waals surface area contributed by atoms with E-state index in [0.717, 1.165) is 58.6 Å². The van der Waals surface area contributed by atoms with Gasteiger partial charge in [-0.05, 0) is 43.4 Å². The van der Waals surface area contributed by atoms with Crippen molar-refractivity contribution in [1.82, 2.24) is 0 Å². The summed E-state index contributed by atoms with van der Waals surface area (Å²) in [7, 11) is 0. The molecule has 0 aliphatic heterocycles. The first kappa shape index (κ1) is 21.1. The molecule has 0 saturated carbocycles. The summed E-state index contributed by atoms with van der Waals surface area (Å²) >= 11 is 14.9. The second-order valence-corrected chi connectivity index (χ2v) is 9.86. The van der Waals surface area contributed by atoms with Gasteiger partial charge in [-0.3, -0.25) is 4.79 Å². The number of hydrogen-bond donors (Lipinski definition) is 1. The predicted octanol–water partition coefficient (Wildman–Crippen LogP) is 6.21. The number of benzene rings is 1. The highest BCUT2D eigenvalue weighted by Crippen LogP contribution is 2.38. The molecular weight excluding hydrogens is 463 g/mol. The van der Waals surface area contributed by atoms with Crippen LogP contribution in [0.2, 0.25) is 10.0 Å². The fraction of sp³-hybridized carbons (Fsp3) is 0.286. The number of carbonyl (C=O) groups excluding carboxylic acids is 2. The third-order valence-corrected chi connectivity index (χ3v) is 7.98. The fourth-order valence-electron chi connectivity index (χ4n) is 3.48. The third kappa shape index (κ3) is 4.19. The number of halogens is 2. The molecule has 9 heteroatoms. The van der Waals surface area contributed by atoms with Gasteiger partial charge in [-0.15, -0.1) is 22.7 Å². The summed E-state index contributed by atoms with van der Waals surface area (Å²) in [6.07, 6.45) is 5.06. The van der Waals surface area contributed by atoms with Gasteiger partial charge in [0.05, 0.1) is 10.6 Å². The monoisotopic (exact) mass is 478 g/mol. The van der Waals surface area contributed by atoms with Crippen LogP contribution in [-0.4, -0.2) is 18.5 Å². The van der Waals surface area contributed by atoms with Crippen LogP contribution in [0.3, 0.4) is 0 Å². The predicted molar refractivity (Wildman–Crippen MR) is 121 cm³/mol. The summed E-state index contributed by atoms with van der Waals surface area (Å²) < 4.78 is 5.93. The molecule has 1 aliphatic rings. The highest BCUT2D eigenvalue weighted by atomic mass is 35.5. The summed E-state index contributed by atoms with van der Waals surface area (Å²) in [5.74, 6) is -1.16. The molecule has 1 aliphatic carbocycles. The number of nitrogens with one attached hydrogen (secondary N) is 1. The Kier molecular flexibility index (Phi) is 6.30. The van der Waals surface area contributed by atoms with Crippen LogP contribution >= 0.6 is 45.9 Å². The molecule has 3 aromatic rings. The molecule has 30 heavy (non-hydrogen) atoms. The number of fused-ring (bicyclic) bond motifs is 2. The van der Waals surface area contributed by atoms with Crippen molar-refractivity contribution >= 4 is 72.8 Å². The lowest BCUT2D eigenvalue weighted by Crippen LogP contribution is -2.20. The zero-order valence-electron chi connectivity index (χ0n) is 15.7. The largest absolute Gasteiger partial charge is 0.451 e. The molecule has 154 valence electrons. The van der Waals surface area contributed by atoms with E-state index in [0.29, 0.717) is 21.0 Å². The molecule has 1 aromatic carbocycles. The first-order valence-electron chi connectivity index (χ1n) is 9.37. The molecule has 2 heterocycles. The maximum absolute atomic E-state index is 12.4. The molecule has 2 aromatic heterocycles. The van der Waals surface area contributed by atoms with E-state index in [1.165, 1.54) is 11.3 Å². The Labute approximate surface area is 191 Å². The van der Waals surface area contributed by atoms with Gasteiger partial charge >= 0.3 is 5.97 Å². The molecule has 1 amide bonds. The molecule has 0 bridgehead atoms. The summed E-state index contributed by atoms with van der Waals surface area (Å²) in [4.78, 5) is 26.2. The number of hydrogen-bond acceptors (Lipinski definition) is 6. The van der Waals surface area contributed by atoms with E-state index in [-0.39, 0.29) is 9.90 Å². The minimum absolute atomic E-state index is 0.224. The van der Waals surface area contributed by atoms with Gasteiger partial charge in [0, 0.05) is 20.0 Å². The lowest BCUT2D eigenvalue weighted by atomic mass is 10.1. The van der Waals surface area contributed by atoms with E-state index in [2.05, 4.69) is 11.4 Å². The number of esters is 1. The van der Waals surface area contributed by atoms with Crippen LogP contribution < -0.4 is 5.32 Å². The number of nitrogens with zero attached hydrogens (tertiary/aromatic N) is 1. The molecule has 0 fully saturated rings. The zero-order chi connectivity index (χ0) is 21.3. The number of amides is 1. The maximum Gasteiger partial charge on any atom is 0.350 e. The Hall–Kier alpha value is -2.11. The summed E-state index contributed by atoms with van der Waals surface area (Å²) in [5.41, 5.74) is 1.57. The Balaban J connectivity index is 1.44. The van der Waals surface area contributed by atoms with Crippen LogP contribution in [0.1, 0.15) is 44.9 Å². The van der Waals surface area contributed by atoms with Crippen molar-refractivity contribution in [3.8, 4) is 6.07 Å². The highest BCUT2D eigenvalue weighted by Gasteiger charge is 2.23. The molecule has 0 radical (unpaired) electrons. The first-order valence-corrected chi connectivity index (χ1v) is 11.8. The van der Waals surface area contributed by atoms with Gasteiger partial charge in [0.25, 0.3) is 5.91 Å². The third-order valence-electron chi connectivity index (χ3n) is 4.90. The molecule has 5 nitrogen and oxygen atoms in total. The van der Waals surface area contributed by atoms with Crippen LogP contribution in [0.4, 0.5) is 5.00 Å². The van der Waals surface area contributed by atoms with E-state index >= 15 is 0 Å². The Morgan fingerprint density at radius 2 is 1.97 bits per heavy atom. The van der Waals surface area contributed by atoms with Crippen molar-refractivity contribution in [1.29, 1.82) is 5.26 Å². The maximum atomic E-state index is 12.4. The van der Waals surface area contributed by atoms with Gasteiger partial charge in [-0.25, -0.2) is 4.79 Å². The molecule has 0 spiro atoms. The second-order valence-electron chi connectivity index (χ2n) is 6.89. The number of ether oxygens (including phenoxy) is 1. The van der Waals surface area contributed by atoms with Crippen molar-refractivity contribution in [2.24, 2.45) is 0 Å². The average Bonchev–Trinajstić information content (AvgIpc) is 3.12. The number of nitriles is 1. The number of aryl methyl sites for hydroxylation is 1. The molecular formula is C21H16Cl2N2O3S2. The van der Waals surface area contributed by atoms with Gasteiger partial charge in [0.2, 0.25) is 0 Å². The number of carbonyl (C=O) groups is 2. The SMILES string of the molecule is N#Cc1c(NC(=O)COC(=O)c2sc3cc(Cl)ccc3c2Cl)sc2c1CCCCC2. The number of thiophene rings is 2. The Morgan fingerprint density at radius 1 is 1.17 bits per heavy atom. The average molecular weight is 479 g/mol. The Morgan fingerprint density at radius 3 is 2.77 bits per heavy atom. The smallest absolute Gasteiger partial charge is 0.350 e. The molecule has 1 N–H and O–H groups in total. The van der Waals surface area contributed by atoms with Crippen molar-refractivity contribution in [2.45, 2.75) is 32.1 Å². The Bertz CT molecular complexity index is 1190. The highest BCUT2D eigenvalue weighted by molar-refractivity contribution is 7.21. The first-order chi connectivity index (χ1) is 14.5. The molecule has 0 unspecified atom stereocenters. The van der Waals surface area contributed by atoms with Crippen LogP contribution in [0, 0.1) is 11.3 Å². The van der Waals surface area contributed by atoms with Gasteiger partial charge in [-0.2, -0.15) is 5.26 Å². The van der Waals surface area contributed by atoms with Crippen molar-refractivity contribution in [3.05, 3.63) is 49.1 Å². The van der Waals surface area contributed by atoms with Gasteiger partial charge in [0.15, 0.2) is 6.61 Å². The van der Waals surface area contributed by atoms with E-state index in [1.807, 2.05) is 0 Å². The van der Waals surface area contributed by atoms with Crippen LogP contribution in [0.5, 0.6) is 0 Å². The van der Waals surface area contributed by atoms with Gasteiger partial charge in [-0.1, -0.05) is 35.7 Å². The van der Waals surface area contributed by atoms with E-state index in [9.17, 15) is 14.9 Å². The van der Waals surface area contributed by atoms with Crippen LogP contribution in [0.25, 0.3) is 10.1 Å². The minimum Gasteiger partial charge on any atom is -0.451 e. The molecule has 4 rings (SSSR count). The molecule has 0 saturated heterocycles. The van der Waals surface area contributed by atoms with Crippen LogP contribution in [0.15, 0.2) is 18.2 Å².